The standard InChI is InChI=1S/C10H7ClN/c1-7-2-3-8-6-9(11)4-5-10(8)12-7/h2,4-6H,1H3. The van der Waals surface area contributed by atoms with E-state index in [1.807, 2.05) is 31.2 Å². The molecule has 0 amide bonds. The first-order valence-electron chi connectivity index (χ1n) is 3.70. The lowest BCUT2D eigenvalue weighted by Gasteiger charge is -1.97. The number of aromatic nitrogens is 1. The predicted octanol–water partition coefficient (Wildman–Crippen LogP) is 3.00. The second-order valence-corrected chi connectivity index (χ2v) is 3.14. The summed E-state index contributed by atoms with van der Waals surface area (Å²) < 4.78 is 0. The summed E-state index contributed by atoms with van der Waals surface area (Å²) in [6.07, 6.45) is 0. The SMILES string of the molecule is Cc1c[c]c2cc(Cl)ccc2n1. The minimum Gasteiger partial charge on any atom is -0.253 e. The van der Waals surface area contributed by atoms with Crippen LogP contribution in [0.15, 0.2) is 24.3 Å². The van der Waals surface area contributed by atoms with Crippen molar-refractivity contribution >= 4 is 22.5 Å². The van der Waals surface area contributed by atoms with Gasteiger partial charge in [0.1, 0.15) is 0 Å². The Hall–Kier alpha value is -1.08. The Morgan fingerprint density at radius 2 is 2.25 bits per heavy atom. The molecular formula is C10H7ClN. The van der Waals surface area contributed by atoms with Gasteiger partial charge in [-0.3, -0.25) is 4.98 Å². The van der Waals surface area contributed by atoms with Crippen molar-refractivity contribution in [1.82, 2.24) is 4.98 Å². The lowest BCUT2D eigenvalue weighted by atomic mass is 10.2. The summed E-state index contributed by atoms with van der Waals surface area (Å²) in [5.41, 5.74) is 1.92. The zero-order valence-electron chi connectivity index (χ0n) is 6.63. The second-order valence-electron chi connectivity index (χ2n) is 2.70. The van der Waals surface area contributed by atoms with E-state index >= 15 is 0 Å². The van der Waals surface area contributed by atoms with Gasteiger partial charge in [0, 0.05) is 16.1 Å². The molecule has 0 aliphatic heterocycles. The third-order valence-corrected chi connectivity index (χ3v) is 1.93. The summed E-state index contributed by atoms with van der Waals surface area (Å²) >= 11 is 5.81. The monoisotopic (exact) mass is 176 g/mol. The Kier molecular flexibility index (Phi) is 1.74. The van der Waals surface area contributed by atoms with E-state index in [0.717, 1.165) is 21.6 Å². The van der Waals surface area contributed by atoms with Crippen LogP contribution in [-0.2, 0) is 0 Å². The Bertz CT molecular complexity index is 382. The molecule has 0 fully saturated rings. The number of hydrogen-bond donors (Lipinski definition) is 0. The van der Waals surface area contributed by atoms with E-state index in [4.69, 9.17) is 11.6 Å². The van der Waals surface area contributed by atoms with Gasteiger partial charge in [-0.05, 0) is 37.3 Å². The highest BCUT2D eigenvalue weighted by molar-refractivity contribution is 6.31. The topological polar surface area (TPSA) is 12.9 Å². The van der Waals surface area contributed by atoms with Crippen LogP contribution in [0.2, 0.25) is 5.02 Å². The molecule has 59 valence electrons. The van der Waals surface area contributed by atoms with Gasteiger partial charge in [-0.1, -0.05) is 11.6 Å². The number of halogens is 1. The second kappa shape index (κ2) is 2.76. The summed E-state index contributed by atoms with van der Waals surface area (Å²) in [7, 11) is 0. The normalized spacial score (nSPS) is 10.5. The summed E-state index contributed by atoms with van der Waals surface area (Å²) in [4.78, 5) is 4.33. The molecule has 2 heteroatoms. The predicted molar refractivity (Wildman–Crippen MR) is 50.3 cm³/mol. The average Bonchev–Trinajstić information content (AvgIpc) is 2.05. The van der Waals surface area contributed by atoms with Crippen molar-refractivity contribution in [3.05, 3.63) is 41.0 Å². The van der Waals surface area contributed by atoms with Crippen LogP contribution in [-0.4, -0.2) is 4.98 Å². The van der Waals surface area contributed by atoms with Gasteiger partial charge in [-0.15, -0.1) is 0 Å². The maximum atomic E-state index is 5.81. The molecule has 1 aromatic heterocycles. The van der Waals surface area contributed by atoms with Crippen molar-refractivity contribution in [3.8, 4) is 0 Å². The van der Waals surface area contributed by atoms with Gasteiger partial charge in [-0.25, -0.2) is 0 Å². The number of pyridine rings is 1. The Morgan fingerprint density at radius 3 is 3.08 bits per heavy atom. The molecule has 1 radical (unpaired) electrons. The van der Waals surface area contributed by atoms with Gasteiger partial charge >= 0.3 is 0 Å². The molecule has 0 N–H and O–H groups in total. The van der Waals surface area contributed by atoms with Crippen molar-refractivity contribution in [1.29, 1.82) is 0 Å². The van der Waals surface area contributed by atoms with Gasteiger partial charge < -0.3 is 0 Å². The number of nitrogens with zero attached hydrogens (tertiary/aromatic N) is 1. The molecule has 0 aliphatic rings. The van der Waals surface area contributed by atoms with Crippen LogP contribution in [0.25, 0.3) is 10.9 Å². The summed E-state index contributed by atoms with van der Waals surface area (Å²) in [6, 6.07) is 10.6. The Morgan fingerprint density at radius 1 is 1.42 bits per heavy atom. The van der Waals surface area contributed by atoms with Gasteiger partial charge in [0.05, 0.1) is 5.52 Å². The molecule has 1 aromatic carbocycles. The quantitative estimate of drug-likeness (QED) is 0.602. The third kappa shape index (κ3) is 1.28. The molecular weight excluding hydrogens is 170 g/mol. The van der Waals surface area contributed by atoms with E-state index in [1.165, 1.54) is 0 Å². The first-order chi connectivity index (χ1) is 5.75. The van der Waals surface area contributed by atoms with Crippen LogP contribution in [0.5, 0.6) is 0 Å². The maximum absolute atomic E-state index is 5.81. The van der Waals surface area contributed by atoms with E-state index in [2.05, 4.69) is 11.1 Å². The van der Waals surface area contributed by atoms with Crippen LogP contribution < -0.4 is 0 Å². The van der Waals surface area contributed by atoms with Crippen molar-refractivity contribution < 1.29 is 0 Å². The Labute approximate surface area is 76.0 Å². The van der Waals surface area contributed by atoms with Gasteiger partial charge in [-0.2, -0.15) is 0 Å². The molecule has 1 nitrogen and oxygen atoms in total. The van der Waals surface area contributed by atoms with Crippen LogP contribution in [0.4, 0.5) is 0 Å². The average molecular weight is 177 g/mol. The Balaban J connectivity index is 2.79. The highest BCUT2D eigenvalue weighted by atomic mass is 35.5. The van der Waals surface area contributed by atoms with Gasteiger partial charge in [0.2, 0.25) is 0 Å². The van der Waals surface area contributed by atoms with Crippen LogP contribution in [0, 0.1) is 13.0 Å². The number of rotatable bonds is 0. The van der Waals surface area contributed by atoms with Crippen molar-refractivity contribution in [2.75, 3.05) is 0 Å². The molecule has 0 spiro atoms. The van der Waals surface area contributed by atoms with E-state index in [0.29, 0.717) is 0 Å². The molecule has 0 unspecified atom stereocenters. The van der Waals surface area contributed by atoms with Crippen molar-refractivity contribution in [2.24, 2.45) is 0 Å². The minimum atomic E-state index is 0.726. The van der Waals surface area contributed by atoms with Gasteiger partial charge in [0.25, 0.3) is 0 Å². The molecule has 1 heterocycles. The van der Waals surface area contributed by atoms with E-state index in [1.54, 1.807) is 0 Å². The number of benzene rings is 1. The smallest absolute Gasteiger partial charge is 0.0712 e. The lowest BCUT2D eigenvalue weighted by molar-refractivity contribution is 1.25. The van der Waals surface area contributed by atoms with E-state index in [9.17, 15) is 0 Å². The zero-order valence-corrected chi connectivity index (χ0v) is 7.39. The fraction of sp³-hybridized carbons (Fsp3) is 0.100. The molecule has 2 aromatic rings. The fourth-order valence-corrected chi connectivity index (χ4v) is 1.30. The summed E-state index contributed by atoms with van der Waals surface area (Å²) in [5, 5.41) is 1.69. The molecule has 2 rings (SSSR count). The zero-order chi connectivity index (χ0) is 8.55. The van der Waals surface area contributed by atoms with E-state index < -0.39 is 0 Å². The van der Waals surface area contributed by atoms with Crippen LogP contribution >= 0.6 is 11.6 Å². The van der Waals surface area contributed by atoms with Crippen LogP contribution in [0.3, 0.4) is 0 Å². The highest BCUT2D eigenvalue weighted by Gasteiger charge is 1.95. The van der Waals surface area contributed by atoms with Crippen molar-refractivity contribution in [3.63, 3.8) is 0 Å². The third-order valence-electron chi connectivity index (χ3n) is 1.69. The molecule has 0 saturated heterocycles. The molecule has 0 atom stereocenters. The van der Waals surface area contributed by atoms with E-state index in [-0.39, 0.29) is 0 Å². The van der Waals surface area contributed by atoms with Gasteiger partial charge in [0.15, 0.2) is 0 Å². The van der Waals surface area contributed by atoms with Crippen LogP contribution in [0.1, 0.15) is 5.69 Å². The first kappa shape index (κ1) is 7.56. The number of fused-ring (bicyclic) bond motifs is 1. The number of hydrogen-bond acceptors (Lipinski definition) is 1. The fourth-order valence-electron chi connectivity index (χ4n) is 1.13. The molecule has 0 bridgehead atoms. The largest absolute Gasteiger partial charge is 0.253 e. The molecule has 0 saturated carbocycles. The lowest BCUT2D eigenvalue weighted by Crippen LogP contribution is -1.82. The van der Waals surface area contributed by atoms with Crippen molar-refractivity contribution in [2.45, 2.75) is 6.92 Å². The minimum absolute atomic E-state index is 0.726. The summed E-state index contributed by atoms with van der Waals surface area (Å²) in [6.45, 7) is 1.95. The molecule has 12 heavy (non-hydrogen) atoms. The molecule has 0 aliphatic carbocycles. The first-order valence-corrected chi connectivity index (χ1v) is 4.08. The highest BCUT2D eigenvalue weighted by Crippen LogP contribution is 2.17. The maximum Gasteiger partial charge on any atom is 0.0712 e. The number of aryl methyl sites for hydroxylation is 1. The summed E-state index contributed by atoms with van der Waals surface area (Å²) in [5.74, 6) is 0.